The molecule has 0 heterocycles. The quantitative estimate of drug-likeness (QED) is 0.829. The van der Waals surface area contributed by atoms with Crippen molar-refractivity contribution in [2.24, 2.45) is 5.92 Å². The fraction of sp³-hybridized carbons (Fsp3) is 0.571. The Labute approximate surface area is 128 Å². The monoisotopic (exact) mass is 363 g/mol. The molecule has 3 nitrogen and oxygen atoms in total. The summed E-state index contributed by atoms with van der Waals surface area (Å²) in [6, 6.07) is 3.59. The Morgan fingerprint density at radius 3 is 2.65 bits per heavy atom. The molecule has 112 valence electrons. The molecule has 0 amide bonds. The highest BCUT2D eigenvalue weighted by Crippen LogP contribution is 2.27. The molecule has 0 saturated heterocycles. The molecule has 2 rings (SSSR count). The Morgan fingerprint density at radius 2 is 1.95 bits per heavy atom. The van der Waals surface area contributed by atoms with Crippen LogP contribution in [-0.4, -0.2) is 14.5 Å². The molecule has 1 aliphatic rings. The Morgan fingerprint density at radius 1 is 1.25 bits per heavy atom. The van der Waals surface area contributed by atoms with Gasteiger partial charge in [-0.05, 0) is 52.9 Å². The zero-order chi connectivity index (χ0) is 14.8. The largest absolute Gasteiger partial charge is 0.241 e. The highest BCUT2D eigenvalue weighted by molar-refractivity contribution is 9.10. The van der Waals surface area contributed by atoms with E-state index in [-0.39, 0.29) is 15.4 Å². The van der Waals surface area contributed by atoms with Gasteiger partial charge in [-0.1, -0.05) is 26.2 Å². The number of halogens is 2. The summed E-state index contributed by atoms with van der Waals surface area (Å²) in [5.74, 6) is -0.134. The molecule has 1 saturated carbocycles. The van der Waals surface area contributed by atoms with E-state index in [1.165, 1.54) is 12.1 Å². The van der Waals surface area contributed by atoms with Crippen LogP contribution in [0.3, 0.4) is 0 Å². The second kappa shape index (κ2) is 6.54. The molecule has 0 bridgehead atoms. The van der Waals surface area contributed by atoms with Gasteiger partial charge >= 0.3 is 0 Å². The third-order valence-electron chi connectivity index (χ3n) is 3.85. The molecule has 1 aromatic carbocycles. The summed E-state index contributed by atoms with van der Waals surface area (Å²) < 4.78 is 41.0. The summed E-state index contributed by atoms with van der Waals surface area (Å²) in [6.07, 6.45) is 5.25. The summed E-state index contributed by atoms with van der Waals surface area (Å²) in [4.78, 5) is 0.0929. The smallest absolute Gasteiger partial charge is 0.208 e. The van der Waals surface area contributed by atoms with E-state index in [1.807, 2.05) is 0 Å². The minimum atomic E-state index is -3.62. The summed E-state index contributed by atoms with van der Waals surface area (Å²) >= 11 is 3.12. The summed E-state index contributed by atoms with van der Waals surface area (Å²) in [5, 5.41) is 0. The zero-order valence-corrected chi connectivity index (χ0v) is 13.8. The van der Waals surface area contributed by atoms with E-state index in [0.29, 0.717) is 5.92 Å². The standard InChI is InChI=1S/C14H19BrFNO2S/c1-10-5-3-2-4-6-13(10)17-20(18,19)14-8-7-11(16)9-12(14)15/h7-10,13,17H,2-6H2,1H3. The topological polar surface area (TPSA) is 46.2 Å². The number of sulfonamides is 1. The SMILES string of the molecule is CC1CCCCCC1NS(=O)(=O)c1ccc(F)cc1Br. The van der Waals surface area contributed by atoms with Crippen molar-refractivity contribution in [3.05, 3.63) is 28.5 Å². The van der Waals surface area contributed by atoms with Gasteiger partial charge in [0.1, 0.15) is 5.82 Å². The fourth-order valence-electron chi connectivity index (χ4n) is 2.62. The highest BCUT2D eigenvalue weighted by atomic mass is 79.9. The molecule has 0 radical (unpaired) electrons. The number of hydrogen-bond acceptors (Lipinski definition) is 2. The van der Waals surface area contributed by atoms with Gasteiger partial charge < -0.3 is 0 Å². The number of benzene rings is 1. The molecule has 1 fully saturated rings. The molecule has 2 atom stereocenters. The Bertz CT molecular complexity index is 577. The van der Waals surface area contributed by atoms with Crippen molar-refractivity contribution < 1.29 is 12.8 Å². The minimum absolute atomic E-state index is 0.0422. The fourth-order valence-corrected chi connectivity index (χ4v) is 5.05. The third-order valence-corrected chi connectivity index (χ3v) is 6.32. The van der Waals surface area contributed by atoms with Crippen LogP contribution in [0.4, 0.5) is 4.39 Å². The van der Waals surface area contributed by atoms with Gasteiger partial charge in [0.05, 0.1) is 4.90 Å². The van der Waals surface area contributed by atoms with Gasteiger partial charge in [-0.3, -0.25) is 0 Å². The third kappa shape index (κ3) is 3.80. The lowest BCUT2D eigenvalue weighted by atomic mass is 9.98. The molecule has 20 heavy (non-hydrogen) atoms. The minimum Gasteiger partial charge on any atom is -0.208 e. The normalized spacial score (nSPS) is 24.4. The molecular weight excluding hydrogens is 345 g/mol. The summed E-state index contributed by atoms with van der Waals surface area (Å²) in [6.45, 7) is 2.08. The summed E-state index contributed by atoms with van der Waals surface area (Å²) in [5.41, 5.74) is 0. The molecular formula is C14H19BrFNO2S. The van der Waals surface area contributed by atoms with Crippen LogP contribution in [0, 0.1) is 11.7 Å². The maximum atomic E-state index is 13.1. The van der Waals surface area contributed by atoms with Crippen LogP contribution in [-0.2, 0) is 10.0 Å². The average molecular weight is 364 g/mol. The molecule has 1 aromatic rings. The molecule has 0 spiro atoms. The van der Waals surface area contributed by atoms with Crippen LogP contribution in [0.1, 0.15) is 39.0 Å². The van der Waals surface area contributed by atoms with E-state index in [9.17, 15) is 12.8 Å². The molecule has 0 aromatic heterocycles. The number of hydrogen-bond donors (Lipinski definition) is 1. The predicted molar refractivity (Wildman–Crippen MR) is 80.5 cm³/mol. The van der Waals surface area contributed by atoms with Crippen molar-refractivity contribution in [2.75, 3.05) is 0 Å². The van der Waals surface area contributed by atoms with Crippen LogP contribution in [0.15, 0.2) is 27.6 Å². The lowest BCUT2D eigenvalue weighted by molar-refractivity contribution is 0.399. The lowest BCUT2D eigenvalue weighted by Gasteiger charge is -2.23. The molecule has 1 aliphatic carbocycles. The van der Waals surface area contributed by atoms with Crippen LogP contribution in [0.2, 0.25) is 0 Å². The van der Waals surface area contributed by atoms with Crippen LogP contribution in [0.25, 0.3) is 0 Å². The lowest BCUT2D eigenvalue weighted by Crippen LogP contribution is -2.38. The maximum Gasteiger partial charge on any atom is 0.241 e. The van der Waals surface area contributed by atoms with Gasteiger partial charge in [-0.15, -0.1) is 0 Å². The van der Waals surface area contributed by atoms with Gasteiger partial charge in [0.2, 0.25) is 10.0 Å². The van der Waals surface area contributed by atoms with Gasteiger partial charge in [0.15, 0.2) is 0 Å². The zero-order valence-electron chi connectivity index (χ0n) is 11.4. The van der Waals surface area contributed by atoms with E-state index in [2.05, 4.69) is 27.6 Å². The van der Waals surface area contributed by atoms with Gasteiger partial charge in [-0.25, -0.2) is 17.5 Å². The first-order valence-electron chi connectivity index (χ1n) is 6.87. The average Bonchev–Trinajstić information content (AvgIpc) is 2.54. The molecule has 1 N–H and O–H groups in total. The van der Waals surface area contributed by atoms with Crippen LogP contribution in [0.5, 0.6) is 0 Å². The van der Waals surface area contributed by atoms with Crippen molar-refractivity contribution >= 4 is 26.0 Å². The van der Waals surface area contributed by atoms with E-state index in [1.54, 1.807) is 0 Å². The van der Waals surface area contributed by atoms with Gasteiger partial charge in [-0.2, -0.15) is 0 Å². The Kier molecular flexibility index (Phi) is 5.20. The molecule has 0 aliphatic heterocycles. The Hall–Kier alpha value is -0.460. The first-order valence-corrected chi connectivity index (χ1v) is 9.15. The van der Waals surface area contributed by atoms with Crippen LogP contribution < -0.4 is 4.72 Å². The van der Waals surface area contributed by atoms with E-state index in [4.69, 9.17) is 0 Å². The summed E-state index contributed by atoms with van der Waals surface area (Å²) in [7, 11) is -3.62. The van der Waals surface area contributed by atoms with E-state index < -0.39 is 15.8 Å². The number of rotatable bonds is 3. The molecule has 2 unspecified atom stereocenters. The Balaban J connectivity index is 2.21. The van der Waals surface area contributed by atoms with Crippen LogP contribution >= 0.6 is 15.9 Å². The highest BCUT2D eigenvalue weighted by Gasteiger charge is 2.27. The number of nitrogens with one attached hydrogen (secondary N) is 1. The van der Waals surface area contributed by atoms with Gasteiger partial charge in [0, 0.05) is 10.5 Å². The van der Waals surface area contributed by atoms with E-state index >= 15 is 0 Å². The van der Waals surface area contributed by atoms with Crippen molar-refractivity contribution in [3.63, 3.8) is 0 Å². The second-order valence-corrected chi connectivity index (χ2v) is 7.95. The van der Waals surface area contributed by atoms with Crippen molar-refractivity contribution in [1.29, 1.82) is 0 Å². The first kappa shape index (κ1) is 15.9. The van der Waals surface area contributed by atoms with Crippen molar-refractivity contribution in [3.8, 4) is 0 Å². The van der Waals surface area contributed by atoms with Crippen molar-refractivity contribution in [2.45, 2.75) is 50.0 Å². The maximum absolute atomic E-state index is 13.1. The van der Waals surface area contributed by atoms with E-state index in [0.717, 1.165) is 38.2 Å². The van der Waals surface area contributed by atoms with Gasteiger partial charge in [0.25, 0.3) is 0 Å². The second-order valence-electron chi connectivity index (χ2n) is 5.42. The first-order chi connectivity index (χ1) is 9.40. The van der Waals surface area contributed by atoms with Crippen molar-refractivity contribution in [1.82, 2.24) is 4.72 Å². The predicted octanol–water partition coefficient (Wildman–Crippen LogP) is 3.84. The molecule has 6 heteroatoms.